The lowest BCUT2D eigenvalue weighted by molar-refractivity contribution is 0.242. The molecule has 0 aliphatic heterocycles. The zero-order valence-corrected chi connectivity index (χ0v) is 12.6. The van der Waals surface area contributed by atoms with Crippen molar-refractivity contribution in [3.8, 4) is 0 Å². The number of nitrogens with zero attached hydrogens (tertiary/aromatic N) is 2. The van der Waals surface area contributed by atoms with Crippen LogP contribution in [0.1, 0.15) is 16.6 Å². The van der Waals surface area contributed by atoms with E-state index in [9.17, 15) is 0 Å². The molecule has 0 aromatic carbocycles. The Bertz CT molecular complexity index is 486. The second-order valence-electron chi connectivity index (χ2n) is 4.12. The highest BCUT2D eigenvalue weighted by molar-refractivity contribution is 9.10. The fourth-order valence-corrected chi connectivity index (χ4v) is 3.70. The molecule has 0 amide bonds. The van der Waals surface area contributed by atoms with E-state index in [1.54, 1.807) is 11.3 Å². The lowest BCUT2D eigenvalue weighted by Crippen LogP contribution is -2.30. The van der Waals surface area contributed by atoms with E-state index in [2.05, 4.69) is 44.3 Å². The van der Waals surface area contributed by atoms with Gasteiger partial charge >= 0.3 is 0 Å². The second-order valence-corrected chi connectivity index (χ2v) is 5.92. The normalized spacial score (nSPS) is 12.9. The quantitative estimate of drug-likeness (QED) is 0.918. The summed E-state index contributed by atoms with van der Waals surface area (Å²) in [5.74, 6) is 0. The molecule has 2 aromatic heterocycles. The van der Waals surface area contributed by atoms with E-state index in [1.807, 2.05) is 24.4 Å². The smallest absolute Gasteiger partial charge is 0.0576 e. The molecule has 1 atom stereocenters. The molecule has 18 heavy (non-hydrogen) atoms. The van der Waals surface area contributed by atoms with Crippen LogP contribution in [-0.4, -0.2) is 23.5 Å². The summed E-state index contributed by atoms with van der Waals surface area (Å²) in [6.45, 7) is 1.40. The van der Waals surface area contributed by atoms with E-state index < -0.39 is 0 Å². The predicted octanol–water partition coefficient (Wildman–Crippen LogP) is 3.04. The van der Waals surface area contributed by atoms with Gasteiger partial charge in [-0.2, -0.15) is 0 Å². The fourth-order valence-electron chi connectivity index (χ4n) is 1.89. The molecule has 0 aliphatic carbocycles. The van der Waals surface area contributed by atoms with Crippen LogP contribution in [0.25, 0.3) is 0 Å². The first-order valence-electron chi connectivity index (χ1n) is 5.75. The maximum absolute atomic E-state index is 5.91. The van der Waals surface area contributed by atoms with Crippen molar-refractivity contribution in [2.24, 2.45) is 5.73 Å². The number of likely N-dealkylation sites (N-methyl/N-ethyl adjacent to an activating group) is 1. The molecule has 3 nitrogen and oxygen atoms in total. The third-order valence-corrected chi connectivity index (χ3v) is 4.81. The van der Waals surface area contributed by atoms with E-state index in [0.29, 0.717) is 6.54 Å². The Morgan fingerprint density at radius 1 is 1.44 bits per heavy atom. The van der Waals surface area contributed by atoms with Crippen LogP contribution in [0.4, 0.5) is 0 Å². The van der Waals surface area contributed by atoms with Crippen LogP contribution < -0.4 is 5.73 Å². The monoisotopic (exact) mass is 325 g/mol. The molecular formula is C13H16BrN3S. The van der Waals surface area contributed by atoms with Crippen molar-refractivity contribution in [3.63, 3.8) is 0 Å². The van der Waals surface area contributed by atoms with Crippen molar-refractivity contribution in [3.05, 3.63) is 50.9 Å². The summed E-state index contributed by atoms with van der Waals surface area (Å²) < 4.78 is 1.14. The Morgan fingerprint density at radius 3 is 2.83 bits per heavy atom. The van der Waals surface area contributed by atoms with E-state index in [0.717, 1.165) is 16.7 Å². The summed E-state index contributed by atoms with van der Waals surface area (Å²) in [5.41, 5.74) is 6.97. The molecule has 0 radical (unpaired) electrons. The van der Waals surface area contributed by atoms with E-state index in [1.165, 1.54) is 4.88 Å². The molecule has 5 heteroatoms. The molecule has 2 rings (SSSR count). The van der Waals surface area contributed by atoms with Gasteiger partial charge in [-0.25, -0.2) is 0 Å². The molecule has 96 valence electrons. The van der Waals surface area contributed by atoms with Gasteiger partial charge < -0.3 is 5.73 Å². The number of hydrogen-bond donors (Lipinski definition) is 1. The number of aromatic nitrogens is 1. The molecule has 0 spiro atoms. The lowest BCUT2D eigenvalue weighted by Gasteiger charge is -2.26. The van der Waals surface area contributed by atoms with E-state index >= 15 is 0 Å². The van der Waals surface area contributed by atoms with Crippen LogP contribution in [0.5, 0.6) is 0 Å². The number of nitrogens with two attached hydrogens (primary N) is 1. The zero-order valence-electron chi connectivity index (χ0n) is 10.2. The van der Waals surface area contributed by atoms with Crippen molar-refractivity contribution in [1.82, 2.24) is 9.88 Å². The summed E-state index contributed by atoms with van der Waals surface area (Å²) in [6, 6.07) is 8.26. The van der Waals surface area contributed by atoms with Gasteiger partial charge in [-0.05, 0) is 46.6 Å². The van der Waals surface area contributed by atoms with Gasteiger partial charge in [-0.15, -0.1) is 11.3 Å². The summed E-state index contributed by atoms with van der Waals surface area (Å²) >= 11 is 5.31. The van der Waals surface area contributed by atoms with Gasteiger partial charge in [0.05, 0.1) is 11.7 Å². The molecular weight excluding hydrogens is 310 g/mol. The van der Waals surface area contributed by atoms with Crippen molar-refractivity contribution < 1.29 is 0 Å². The van der Waals surface area contributed by atoms with E-state index in [-0.39, 0.29) is 6.04 Å². The predicted molar refractivity (Wildman–Crippen MR) is 79.5 cm³/mol. The number of halogens is 1. The van der Waals surface area contributed by atoms with Gasteiger partial charge in [0.15, 0.2) is 0 Å². The first-order chi connectivity index (χ1) is 8.72. The van der Waals surface area contributed by atoms with Crippen molar-refractivity contribution in [2.75, 3.05) is 13.6 Å². The fraction of sp³-hybridized carbons (Fsp3) is 0.308. The summed E-state index contributed by atoms with van der Waals surface area (Å²) in [6.07, 6.45) is 1.82. The highest BCUT2D eigenvalue weighted by Gasteiger charge is 2.19. The highest BCUT2D eigenvalue weighted by Crippen LogP contribution is 2.32. The van der Waals surface area contributed by atoms with Crippen LogP contribution in [0.15, 0.2) is 40.3 Å². The molecule has 0 bridgehead atoms. The summed E-state index contributed by atoms with van der Waals surface area (Å²) in [5, 5.41) is 2.08. The largest absolute Gasteiger partial charge is 0.329 e. The minimum Gasteiger partial charge on any atom is -0.329 e. The third kappa shape index (κ3) is 3.17. The minimum absolute atomic E-state index is 0.224. The number of hydrogen-bond acceptors (Lipinski definition) is 4. The Kier molecular flexibility index (Phi) is 4.88. The Morgan fingerprint density at radius 2 is 2.28 bits per heavy atom. The van der Waals surface area contributed by atoms with Crippen LogP contribution >= 0.6 is 27.3 Å². The van der Waals surface area contributed by atoms with Crippen molar-refractivity contribution in [1.29, 1.82) is 0 Å². The Balaban J connectivity index is 2.11. The van der Waals surface area contributed by atoms with Gasteiger partial charge in [-0.3, -0.25) is 9.88 Å². The highest BCUT2D eigenvalue weighted by atomic mass is 79.9. The first-order valence-corrected chi connectivity index (χ1v) is 7.42. The maximum Gasteiger partial charge on any atom is 0.0576 e. The van der Waals surface area contributed by atoms with Crippen LogP contribution in [-0.2, 0) is 6.54 Å². The second kappa shape index (κ2) is 6.43. The van der Waals surface area contributed by atoms with Crippen LogP contribution in [0, 0.1) is 0 Å². The topological polar surface area (TPSA) is 42.2 Å². The van der Waals surface area contributed by atoms with Crippen LogP contribution in [0.2, 0.25) is 0 Å². The van der Waals surface area contributed by atoms with Crippen LogP contribution in [0.3, 0.4) is 0 Å². The molecule has 0 fully saturated rings. The third-order valence-electron chi connectivity index (χ3n) is 2.84. The molecule has 1 unspecified atom stereocenters. The average molecular weight is 326 g/mol. The van der Waals surface area contributed by atoms with Crippen molar-refractivity contribution in [2.45, 2.75) is 12.6 Å². The van der Waals surface area contributed by atoms with Crippen molar-refractivity contribution >= 4 is 27.3 Å². The number of rotatable bonds is 5. The lowest BCUT2D eigenvalue weighted by atomic mass is 10.2. The molecule has 2 aromatic rings. The molecule has 0 saturated carbocycles. The Labute approximate surface area is 120 Å². The number of thiophene rings is 1. The average Bonchev–Trinajstić information content (AvgIpc) is 2.78. The van der Waals surface area contributed by atoms with Gasteiger partial charge in [0, 0.05) is 28.6 Å². The Hall–Kier alpha value is -0.750. The standard InChI is InChI=1S/C13H16BrN3S/c1-17(9-10-4-2-3-6-16-10)12(8-15)13-11(14)5-7-18-13/h2-7,12H,8-9,15H2,1H3. The molecule has 0 aliphatic rings. The van der Waals surface area contributed by atoms with E-state index in [4.69, 9.17) is 5.73 Å². The van der Waals surface area contributed by atoms with Gasteiger partial charge in [0.25, 0.3) is 0 Å². The van der Waals surface area contributed by atoms with Gasteiger partial charge in [-0.1, -0.05) is 6.07 Å². The minimum atomic E-state index is 0.224. The zero-order chi connectivity index (χ0) is 13.0. The molecule has 0 saturated heterocycles. The SMILES string of the molecule is CN(Cc1ccccn1)C(CN)c1sccc1Br. The first kappa shape index (κ1) is 13.7. The maximum atomic E-state index is 5.91. The van der Waals surface area contributed by atoms with Gasteiger partial charge in [0.1, 0.15) is 0 Å². The molecule has 2 N–H and O–H groups in total. The summed E-state index contributed by atoms with van der Waals surface area (Å²) in [4.78, 5) is 7.86. The number of pyridine rings is 1. The summed E-state index contributed by atoms with van der Waals surface area (Å²) in [7, 11) is 2.08. The van der Waals surface area contributed by atoms with Gasteiger partial charge in [0.2, 0.25) is 0 Å². The molecule has 2 heterocycles.